The van der Waals surface area contributed by atoms with Crippen molar-refractivity contribution in [1.29, 1.82) is 0 Å². The summed E-state index contributed by atoms with van der Waals surface area (Å²) < 4.78 is 65.5. The average molecular weight is 1390 g/mol. The van der Waals surface area contributed by atoms with Gasteiger partial charge in [0.2, 0.25) is 0 Å². The summed E-state index contributed by atoms with van der Waals surface area (Å²) in [5, 5.41) is 4.50. The summed E-state index contributed by atoms with van der Waals surface area (Å²) in [4.78, 5) is 18.6. The number of fused-ring (bicyclic) bond motifs is 4. The Morgan fingerprint density at radius 2 is 0.670 bits per heavy atom. The maximum Gasteiger partial charge on any atom is 0.287 e. The molecule has 8 nitrogen and oxygen atoms in total. The van der Waals surface area contributed by atoms with Gasteiger partial charge in [0, 0.05) is 27.8 Å². The Labute approximate surface area is 611 Å². The molecule has 0 amide bonds. The standard InChI is InChI=1S/3C23H28FN2.C22H26FN2/c1-7-17(8-2)18-9-10-21-20(12-18)23(26(6)13-25-21)19-11-14(3)22(24)16(5)15(19)4;1-7-17(8-2)18-9-10-19-21(12-18)25-13-26(6)23(19)20-11-14(3)22(24)16(5)15(20)4;1-7-17(8-2)18-10-9-11-19-22(18)25-13-26(6)23(19)20-12-14(3)21(24)16(5)15(20)4;1-13(2)9-17-7-8-20-19(11-17)22(25(6)12-24-20)18-10-14(3)21(23)16(5)15(18)4/h3*9-13,17H,7-8H2,1-6H3;7-8,10-13H,9H2,1-6H3/q4*+1. The van der Waals surface area contributed by atoms with Gasteiger partial charge in [-0.1, -0.05) is 85.7 Å². The summed E-state index contributed by atoms with van der Waals surface area (Å²) in [7, 11) is 8.03. The third-order valence-corrected chi connectivity index (χ3v) is 22.1. The molecule has 0 spiro atoms. The van der Waals surface area contributed by atoms with Crippen LogP contribution in [0.3, 0.4) is 0 Å². The number of rotatable bonds is 15. The highest BCUT2D eigenvalue weighted by molar-refractivity contribution is 5.96. The minimum Gasteiger partial charge on any atom is -0.232 e. The molecule has 12 aromatic rings. The van der Waals surface area contributed by atoms with Crippen LogP contribution in [0.2, 0.25) is 0 Å². The molecule has 0 saturated carbocycles. The molecule has 0 bridgehead atoms. The molecule has 0 radical (unpaired) electrons. The second-order valence-electron chi connectivity index (χ2n) is 29.3. The summed E-state index contributed by atoms with van der Waals surface area (Å²) in [5.41, 5.74) is 27.6. The zero-order valence-corrected chi connectivity index (χ0v) is 65.9. The molecule has 0 N–H and O–H groups in total. The van der Waals surface area contributed by atoms with E-state index in [-0.39, 0.29) is 23.3 Å². The minimum absolute atomic E-state index is 0.106. The van der Waals surface area contributed by atoms with E-state index in [1.54, 1.807) is 0 Å². The highest BCUT2D eigenvalue weighted by atomic mass is 19.1. The predicted molar refractivity (Wildman–Crippen MR) is 419 cm³/mol. The van der Waals surface area contributed by atoms with Crippen LogP contribution in [0.15, 0.2) is 122 Å². The van der Waals surface area contributed by atoms with Gasteiger partial charge in [0.15, 0.2) is 22.1 Å². The molecule has 0 fully saturated rings. The molecule has 538 valence electrons. The van der Waals surface area contributed by atoms with E-state index in [1.807, 2.05) is 170 Å². The molecule has 0 aliphatic rings. The summed E-state index contributed by atoms with van der Waals surface area (Å²) in [5.74, 6) is 1.79. The fourth-order valence-corrected chi connectivity index (χ4v) is 15.3. The lowest BCUT2D eigenvalue weighted by Gasteiger charge is -2.16. The summed E-state index contributed by atoms with van der Waals surface area (Å²) >= 11 is 0. The van der Waals surface area contributed by atoms with E-state index in [9.17, 15) is 17.6 Å². The maximum atomic E-state index is 14.3. The Kier molecular flexibility index (Phi) is 25.1. The molecule has 8 aromatic carbocycles. The van der Waals surface area contributed by atoms with Gasteiger partial charge in [0.05, 0.1) is 49.7 Å². The molecule has 4 heterocycles. The molecule has 12 heteroatoms. The first-order valence-corrected chi connectivity index (χ1v) is 37.1. The number of para-hydroxylation sites is 1. The van der Waals surface area contributed by atoms with Gasteiger partial charge < -0.3 is 0 Å². The number of aromatic nitrogens is 8. The maximum absolute atomic E-state index is 14.3. The Morgan fingerprint density at radius 3 is 1.07 bits per heavy atom. The van der Waals surface area contributed by atoms with Gasteiger partial charge in [-0.05, 0) is 322 Å². The molecular formula is C91H110F4N8+4. The van der Waals surface area contributed by atoms with E-state index in [0.717, 1.165) is 178 Å². The fraction of sp³-hybridized carbons (Fsp3) is 0.385. The molecule has 12 rings (SSSR count). The largest absolute Gasteiger partial charge is 0.287 e. The smallest absolute Gasteiger partial charge is 0.232 e. The van der Waals surface area contributed by atoms with Gasteiger partial charge in [-0.15, -0.1) is 0 Å². The topological polar surface area (TPSA) is 67.1 Å². The normalized spacial score (nSPS) is 11.5. The summed E-state index contributed by atoms with van der Waals surface area (Å²) in [6.07, 6.45) is 15.2. The van der Waals surface area contributed by atoms with Crippen LogP contribution in [-0.4, -0.2) is 19.9 Å². The van der Waals surface area contributed by atoms with Crippen molar-refractivity contribution in [3.8, 4) is 45.0 Å². The van der Waals surface area contributed by atoms with Gasteiger partial charge in [-0.25, -0.2) is 35.8 Å². The molecule has 4 aromatic heterocycles. The van der Waals surface area contributed by atoms with E-state index in [4.69, 9.17) is 4.98 Å². The minimum atomic E-state index is -0.109. The number of hydrogen-bond donors (Lipinski definition) is 0. The summed E-state index contributed by atoms with van der Waals surface area (Å²) in [6.45, 7) is 40.6. The van der Waals surface area contributed by atoms with Crippen molar-refractivity contribution in [2.45, 2.75) is 201 Å². The van der Waals surface area contributed by atoms with Crippen molar-refractivity contribution in [3.05, 3.63) is 235 Å². The highest BCUT2D eigenvalue weighted by Crippen LogP contribution is 2.39. The van der Waals surface area contributed by atoms with Crippen LogP contribution in [0.5, 0.6) is 0 Å². The van der Waals surface area contributed by atoms with E-state index >= 15 is 0 Å². The first-order chi connectivity index (χ1) is 49.0. The second-order valence-corrected chi connectivity index (χ2v) is 29.3. The van der Waals surface area contributed by atoms with Crippen LogP contribution < -0.4 is 18.3 Å². The molecule has 0 aliphatic heterocycles. The number of hydrogen-bond acceptors (Lipinski definition) is 4. The van der Waals surface area contributed by atoms with Crippen LogP contribution in [0.1, 0.15) is 201 Å². The fourth-order valence-electron chi connectivity index (χ4n) is 15.3. The van der Waals surface area contributed by atoms with Gasteiger partial charge in [0.25, 0.3) is 25.3 Å². The SMILES string of the molecule is CCC(CC)c1ccc2c(-c3cc(C)c(F)c(C)c3C)[n+](C)cnc2c1.CCC(CC)c1ccc2nc[n+](C)c(-c3cc(C)c(F)c(C)c3C)c2c1.CCC(CC)c1cccc2c(-c3cc(C)c(F)c(C)c3C)[n+](C)cnc12.Cc1cc(-c2c3cc(CC(C)C)ccc3nc[n+]2C)c(C)c(C)c1F. The first-order valence-electron chi connectivity index (χ1n) is 37.1. The van der Waals surface area contributed by atoms with Crippen molar-refractivity contribution >= 4 is 43.6 Å². The first kappa shape index (κ1) is 78.0. The van der Waals surface area contributed by atoms with E-state index in [2.05, 4.69) is 152 Å². The quantitative estimate of drug-likeness (QED) is 0.0758. The molecule has 0 aliphatic carbocycles. The lowest BCUT2D eigenvalue weighted by molar-refractivity contribution is -0.662. The molecular weight excluding hydrogens is 1280 g/mol. The second kappa shape index (κ2) is 33.1. The average Bonchev–Trinajstić information content (AvgIpc) is 0.782. The van der Waals surface area contributed by atoms with E-state index in [0.29, 0.717) is 45.9 Å². The molecule has 0 atom stereocenters. The Hall–Kier alpha value is -9.16. The zero-order chi connectivity index (χ0) is 75.3. The Bertz CT molecular complexity index is 5080. The van der Waals surface area contributed by atoms with Gasteiger partial charge in [-0.2, -0.15) is 0 Å². The van der Waals surface area contributed by atoms with Crippen LogP contribution in [-0.2, 0) is 34.6 Å². The van der Waals surface area contributed by atoms with Crippen molar-refractivity contribution < 1.29 is 35.8 Å². The molecule has 0 unspecified atom stereocenters. The van der Waals surface area contributed by atoms with E-state index < -0.39 is 0 Å². The summed E-state index contributed by atoms with van der Waals surface area (Å²) in [6, 6.07) is 34.0. The lowest BCUT2D eigenvalue weighted by Crippen LogP contribution is -2.32. The van der Waals surface area contributed by atoms with Crippen LogP contribution >= 0.6 is 0 Å². The van der Waals surface area contributed by atoms with Gasteiger partial charge in [0.1, 0.15) is 46.0 Å². The van der Waals surface area contributed by atoms with Crippen molar-refractivity contribution in [3.63, 3.8) is 0 Å². The van der Waals surface area contributed by atoms with Crippen LogP contribution in [0, 0.1) is 112 Å². The van der Waals surface area contributed by atoms with Gasteiger partial charge >= 0.3 is 0 Å². The van der Waals surface area contributed by atoms with Crippen molar-refractivity contribution in [1.82, 2.24) is 19.9 Å². The molecule has 103 heavy (non-hydrogen) atoms. The lowest BCUT2D eigenvalue weighted by atomic mass is 9.90. The van der Waals surface area contributed by atoms with Gasteiger partial charge in [-0.3, -0.25) is 0 Å². The zero-order valence-electron chi connectivity index (χ0n) is 65.9. The third kappa shape index (κ3) is 15.9. The molecule has 0 saturated heterocycles. The van der Waals surface area contributed by atoms with Crippen molar-refractivity contribution in [2.75, 3.05) is 0 Å². The Morgan fingerprint density at radius 1 is 0.330 bits per heavy atom. The number of nitrogens with zero attached hydrogens (tertiary/aromatic N) is 8. The third-order valence-electron chi connectivity index (χ3n) is 22.1. The number of benzene rings is 8. The van der Waals surface area contributed by atoms with Crippen LogP contribution in [0.4, 0.5) is 17.6 Å². The predicted octanol–water partition coefficient (Wildman–Crippen LogP) is 22.1. The number of halogens is 4. The Balaban J connectivity index is 0.000000160. The van der Waals surface area contributed by atoms with Crippen LogP contribution in [0.25, 0.3) is 88.6 Å². The van der Waals surface area contributed by atoms with Crippen molar-refractivity contribution in [2.24, 2.45) is 34.1 Å². The number of aryl methyl sites for hydroxylation is 8. The highest BCUT2D eigenvalue weighted by Gasteiger charge is 2.27. The van der Waals surface area contributed by atoms with E-state index in [1.165, 1.54) is 22.3 Å². The monoisotopic (exact) mass is 1390 g/mol.